The summed E-state index contributed by atoms with van der Waals surface area (Å²) in [5.41, 5.74) is 8.32. The number of unbranched alkanes of at least 4 members (excludes halogenated alkanes) is 1. The molecule has 4 rings (SSSR count). The fourth-order valence-corrected chi connectivity index (χ4v) is 3.99. The van der Waals surface area contributed by atoms with Crippen molar-refractivity contribution in [1.29, 1.82) is 0 Å². The molecule has 2 heteroatoms. The molecule has 4 aromatic rings. The van der Waals surface area contributed by atoms with E-state index in [4.69, 9.17) is 0 Å². The molecule has 170 valence electrons. The first kappa shape index (κ1) is 23.5. The fourth-order valence-electron chi connectivity index (χ4n) is 3.99. The van der Waals surface area contributed by atoms with Crippen molar-refractivity contribution in [3.05, 3.63) is 119 Å². The average Bonchev–Trinajstić information content (AvgIpc) is 2.88. The van der Waals surface area contributed by atoms with Crippen LogP contribution in [0.15, 0.2) is 84.9 Å². The van der Waals surface area contributed by atoms with Crippen LogP contribution in [0.25, 0.3) is 22.3 Å². The Kier molecular flexibility index (Phi) is 7.55. The molecule has 0 atom stereocenters. The molecule has 0 N–H and O–H groups in total. The van der Waals surface area contributed by atoms with Gasteiger partial charge in [-0.05, 0) is 89.0 Å². The van der Waals surface area contributed by atoms with E-state index in [1.807, 2.05) is 24.3 Å². The van der Waals surface area contributed by atoms with Crippen molar-refractivity contribution in [2.45, 2.75) is 39.5 Å². The Hall–Kier alpha value is -3.70. The molecule has 0 heterocycles. The largest absolute Gasteiger partial charge is 0.204 e. The van der Waals surface area contributed by atoms with Gasteiger partial charge in [-0.15, -0.1) is 0 Å². The van der Waals surface area contributed by atoms with Crippen LogP contribution in [0.2, 0.25) is 0 Å². The molecule has 0 aromatic heterocycles. The molecule has 34 heavy (non-hydrogen) atoms. The molecule has 0 bridgehead atoms. The molecule has 0 nitrogen and oxygen atoms in total. The van der Waals surface area contributed by atoms with Crippen LogP contribution in [0.5, 0.6) is 0 Å². The van der Waals surface area contributed by atoms with Crippen molar-refractivity contribution < 1.29 is 8.78 Å². The summed E-state index contributed by atoms with van der Waals surface area (Å²) in [5, 5.41) is 0. The maximum Gasteiger partial charge on any atom is 0.159 e. The fraction of sp³-hybridized carbons (Fsp3) is 0.188. The molecule has 0 unspecified atom stereocenters. The van der Waals surface area contributed by atoms with Gasteiger partial charge in [0.05, 0.1) is 0 Å². The van der Waals surface area contributed by atoms with Gasteiger partial charge in [-0.2, -0.15) is 0 Å². The van der Waals surface area contributed by atoms with E-state index in [-0.39, 0.29) is 0 Å². The molecular formula is C32H28F2. The summed E-state index contributed by atoms with van der Waals surface area (Å²) >= 11 is 0. The second-order valence-electron chi connectivity index (χ2n) is 8.48. The van der Waals surface area contributed by atoms with Crippen molar-refractivity contribution in [3.8, 4) is 34.1 Å². The minimum Gasteiger partial charge on any atom is -0.204 e. The molecule has 0 aliphatic rings. The zero-order chi connectivity index (χ0) is 23.9. The van der Waals surface area contributed by atoms with E-state index in [2.05, 4.69) is 68.2 Å². The average molecular weight is 451 g/mol. The van der Waals surface area contributed by atoms with Gasteiger partial charge in [0.2, 0.25) is 0 Å². The quantitative estimate of drug-likeness (QED) is 0.258. The SMILES string of the molecule is CCCCc1ccc(C#Cc2ccc(-c3ccc(-c4ccc(F)c(F)c4)cc3)cc2CC)cc1. The third kappa shape index (κ3) is 5.61. The number of halogens is 2. The van der Waals surface area contributed by atoms with Gasteiger partial charge >= 0.3 is 0 Å². The first-order valence-electron chi connectivity index (χ1n) is 11.9. The summed E-state index contributed by atoms with van der Waals surface area (Å²) in [7, 11) is 0. The predicted molar refractivity (Wildman–Crippen MR) is 138 cm³/mol. The van der Waals surface area contributed by atoms with Crippen LogP contribution in [-0.2, 0) is 12.8 Å². The molecule has 0 fully saturated rings. The lowest BCUT2D eigenvalue weighted by Gasteiger charge is -2.09. The van der Waals surface area contributed by atoms with Gasteiger partial charge in [-0.1, -0.05) is 80.6 Å². The highest BCUT2D eigenvalue weighted by Gasteiger charge is 2.07. The van der Waals surface area contributed by atoms with Crippen molar-refractivity contribution in [1.82, 2.24) is 0 Å². The Morgan fingerprint density at radius 3 is 1.85 bits per heavy atom. The van der Waals surface area contributed by atoms with Gasteiger partial charge in [-0.3, -0.25) is 0 Å². The Morgan fingerprint density at radius 2 is 1.24 bits per heavy atom. The molecule has 0 saturated heterocycles. The van der Waals surface area contributed by atoms with Crippen molar-refractivity contribution >= 4 is 0 Å². The lowest BCUT2D eigenvalue weighted by Crippen LogP contribution is -1.90. The third-order valence-electron chi connectivity index (χ3n) is 6.07. The van der Waals surface area contributed by atoms with Gasteiger partial charge in [0.25, 0.3) is 0 Å². The zero-order valence-corrected chi connectivity index (χ0v) is 19.7. The predicted octanol–water partition coefficient (Wildman–Crippen LogP) is 8.60. The van der Waals surface area contributed by atoms with Crippen molar-refractivity contribution in [3.63, 3.8) is 0 Å². The van der Waals surface area contributed by atoms with Gasteiger partial charge in [0, 0.05) is 11.1 Å². The van der Waals surface area contributed by atoms with Crippen LogP contribution < -0.4 is 0 Å². The normalized spacial score (nSPS) is 10.6. The van der Waals surface area contributed by atoms with E-state index < -0.39 is 11.6 Å². The van der Waals surface area contributed by atoms with Crippen LogP contribution >= 0.6 is 0 Å². The second-order valence-corrected chi connectivity index (χ2v) is 8.48. The summed E-state index contributed by atoms with van der Waals surface area (Å²) in [6, 6.07) is 26.8. The van der Waals surface area contributed by atoms with E-state index in [9.17, 15) is 8.78 Å². The van der Waals surface area contributed by atoms with Crippen LogP contribution in [0.4, 0.5) is 8.78 Å². The Bertz CT molecular complexity index is 1320. The van der Waals surface area contributed by atoms with Crippen molar-refractivity contribution in [2.75, 3.05) is 0 Å². The summed E-state index contributed by atoms with van der Waals surface area (Å²) in [6.07, 6.45) is 4.43. The summed E-state index contributed by atoms with van der Waals surface area (Å²) in [4.78, 5) is 0. The van der Waals surface area contributed by atoms with E-state index >= 15 is 0 Å². The Balaban J connectivity index is 1.53. The highest BCUT2D eigenvalue weighted by molar-refractivity contribution is 5.71. The molecule has 0 spiro atoms. The summed E-state index contributed by atoms with van der Waals surface area (Å²) < 4.78 is 26.8. The number of rotatable bonds is 6. The smallest absolute Gasteiger partial charge is 0.159 e. The van der Waals surface area contributed by atoms with Crippen LogP contribution in [-0.4, -0.2) is 0 Å². The van der Waals surface area contributed by atoms with Crippen LogP contribution in [0, 0.1) is 23.5 Å². The first-order valence-corrected chi connectivity index (χ1v) is 11.9. The van der Waals surface area contributed by atoms with E-state index in [0.717, 1.165) is 46.7 Å². The summed E-state index contributed by atoms with van der Waals surface area (Å²) in [5.74, 6) is 4.98. The maximum atomic E-state index is 13.6. The van der Waals surface area contributed by atoms with E-state index in [1.165, 1.54) is 30.0 Å². The minimum atomic E-state index is -0.835. The number of hydrogen-bond donors (Lipinski definition) is 0. The molecule has 0 amide bonds. The highest BCUT2D eigenvalue weighted by Crippen LogP contribution is 2.27. The molecular weight excluding hydrogens is 422 g/mol. The lowest BCUT2D eigenvalue weighted by molar-refractivity contribution is 0.509. The molecule has 0 saturated carbocycles. The number of aryl methyl sites for hydroxylation is 2. The van der Waals surface area contributed by atoms with Gasteiger partial charge in [-0.25, -0.2) is 8.78 Å². The maximum absolute atomic E-state index is 13.6. The van der Waals surface area contributed by atoms with Crippen molar-refractivity contribution in [2.24, 2.45) is 0 Å². The Morgan fingerprint density at radius 1 is 0.618 bits per heavy atom. The van der Waals surface area contributed by atoms with Crippen LogP contribution in [0.3, 0.4) is 0 Å². The standard InChI is InChI=1S/C32H28F2/c1-3-5-6-23-7-9-24(10-8-23)11-12-26-17-18-29(21-25(26)4-2)27-13-15-28(16-14-27)30-19-20-31(33)32(34)22-30/h7-10,13-22H,3-6H2,1-2H3. The van der Waals surface area contributed by atoms with E-state index in [1.54, 1.807) is 6.07 Å². The second kappa shape index (κ2) is 10.9. The first-order chi connectivity index (χ1) is 16.6. The topological polar surface area (TPSA) is 0 Å². The van der Waals surface area contributed by atoms with E-state index in [0.29, 0.717) is 5.56 Å². The summed E-state index contributed by atoms with van der Waals surface area (Å²) in [6.45, 7) is 4.35. The lowest BCUT2D eigenvalue weighted by atomic mass is 9.96. The van der Waals surface area contributed by atoms with Gasteiger partial charge < -0.3 is 0 Å². The van der Waals surface area contributed by atoms with Gasteiger partial charge in [0.15, 0.2) is 11.6 Å². The molecule has 4 aromatic carbocycles. The molecule has 0 aliphatic heterocycles. The number of hydrogen-bond acceptors (Lipinski definition) is 0. The minimum absolute atomic E-state index is 0.656. The zero-order valence-electron chi connectivity index (χ0n) is 19.7. The monoisotopic (exact) mass is 450 g/mol. The molecule has 0 radical (unpaired) electrons. The Labute approximate surface area is 201 Å². The van der Waals surface area contributed by atoms with Gasteiger partial charge in [0.1, 0.15) is 0 Å². The number of benzene rings is 4. The highest BCUT2D eigenvalue weighted by atomic mass is 19.2. The van der Waals surface area contributed by atoms with Crippen LogP contribution in [0.1, 0.15) is 48.9 Å². The molecule has 0 aliphatic carbocycles. The third-order valence-corrected chi connectivity index (χ3v) is 6.07.